The van der Waals surface area contributed by atoms with Crippen LogP contribution in [0.1, 0.15) is 27.7 Å². The first kappa shape index (κ1) is 13.0. The maximum Gasteiger partial charge on any atom is 0.224 e. The van der Waals surface area contributed by atoms with Crippen LogP contribution in [0, 0.1) is 5.41 Å². The molecule has 1 aromatic heterocycles. The molecular formula is C11H19ClN4. The molecular weight excluding hydrogens is 224 g/mol. The molecule has 0 atom stereocenters. The standard InChI is InChI=1S/C11H19ClN4/c1-5-13-10-14-6-8(12)9(16-10)15-7-11(2,3)4/h6H,5,7H2,1-4H3,(H2,13,14,15,16). The van der Waals surface area contributed by atoms with Crippen LogP contribution in [0.3, 0.4) is 0 Å². The average molecular weight is 243 g/mol. The molecule has 0 saturated heterocycles. The largest absolute Gasteiger partial charge is 0.368 e. The zero-order valence-electron chi connectivity index (χ0n) is 10.3. The normalized spacial score (nSPS) is 11.3. The van der Waals surface area contributed by atoms with Gasteiger partial charge in [0.05, 0.1) is 6.20 Å². The van der Waals surface area contributed by atoms with Crippen molar-refractivity contribution in [1.29, 1.82) is 0 Å². The Morgan fingerprint density at radius 1 is 1.31 bits per heavy atom. The molecule has 4 nitrogen and oxygen atoms in total. The summed E-state index contributed by atoms with van der Waals surface area (Å²) < 4.78 is 0. The van der Waals surface area contributed by atoms with Gasteiger partial charge >= 0.3 is 0 Å². The van der Waals surface area contributed by atoms with Gasteiger partial charge in [-0.15, -0.1) is 0 Å². The van der Waals surface area contributed by atoms with E-state index >= 15 is 0 Å². The van der Waals surface area contributed by atoms with E-state index in [1.165, 1.54) is 0 Å². The van der Waals surface area contributed by atoms with Crippen LogP contribution in [0.2, 0.25) is 5.02 Å². The fourth-order valence-corrected chi connectivity index (χ4v) is 1.24. The van der Waals surface area contributed by atoms with Crippen LogP contribution >= 0.6 is 11.6 Å². The van der Waals surface area contributed by atoms with E-state index in [2.05, 4.69) is 41.4 Å². The minimum Gasteiger partial charge on any atom is -0.368 e. The van der Waals surface area contributed by atoms with Crippen LogP contribution in [-0.4, -0.2) is 23.1 Å². The van der Waals surface area contributed by atoms with E-state index < -0.39 is 0 Å². The first-order valence-corrected chi connectivity index (χ1v) is 5.80. The van der Waals surface area contributed by atoms with E-state index in [1.807, 2.05) is 6.92 Å². The average Bonchev–Trinajstić information content (AvgIpc) is 2.18. The number of halogens is 1. The van der Waals surface area contributed by atoms with Crippen molar-refractivity contribution in [3.05, 3.63) is 11.2 Å². The Kier molecular flexibility index (Phi) is 4.35. The highest BCUT2D eigenvalue weighted by Crippen LogP contribution is 2.21. The molecule has 2 N–H and O–H groups in total. The molecule has 0 saturated carbocycles. The van der Waals surface area contributed by atoms with E-state index in [0.29, 0.717) is 16.8 Å². The van der Waals surface area contributed by atoms with Gasteiger partial charge in [-0.2, -0.15) is 4.98 Å². The Morgan fingerprint density at radius 3 is 2.56 bits per heavy atom. The summed E-state index contributed by atoms with van der Waals surface area (Å²) in [5.41, 5.74) is 0.187. The number of hydrogen-bond acceptors (Lipinski definition) is 4. The highest BCUT2D eigenvalue weighted by atomic mass is 35.5. The molecule has 0 fully saturated rings. The van der Waals surface area contributed by atoms with Crippen molar-refractivity contribution in [2.24, 2.45) is 5.41 Å². The third-order valence-electron chi connectivity index (χ3n) is 1.87. The zero-order valence-corrected chi connectivity index (χ0v) is 11.0. The summed E-state index contributed by atoms with van der Waals surface area (Å²) in [6.07, 6.45) is 1.61. The Bertz CT molecular complexity index is 346. The van der Waals surface area contributed by atoms with E-state index in [4.69, 9.17) is 11.6 Å². The monoisotopic (exact) mass is 242 g/mol. The second-order valence-electron chi connectivity index (χ2n) is 4.83. The third-order valence-corrected chi connectivity index (χ3v) is 2.14. The molecule has 90 valence electrons. The number of aromatic nitrogens is 2. The molecule has 16 heavy (non-hydrogen) atoms. The molecule has 1 rings (SSSR count). The maximum atomic E-state index is 6.01. The topological polar surface area (TPSA) is 49.8 Å². The quantitative estimate of drug-likeness (QED) is 0.852. The summed E-state index contributed by atoms with van der Waals surface area (Å²) in [4.78, 5) is 8.38. The van der Waals surface area contributed by atoms with Crippen molar-refractivity contribution in [2.75, 3.05) is 23.7 Å². The van der Waals surface area contributed by atoms with E-state index in [9.17, 15) is 0 Å². The zero-order chi connectivity index (χ0) is 12.2. The van der Waals surface area contributed by atoms with E-state index in [-0.39, 0.29) is 5.41 Å². The molecule has 0 aliphatic heterocycles. The van der Waals surface area contributed by atoms with Crippen molar-refractivity contribution in [3.8, 4) is 0 Å². The second kappa shape index (κ2) is 5.34. The van der Waals surface area contributed by atoms with Crippen LogP contribution in [-0.2, 0) is 0 Å². The van der Waals surface area contributed by atoms with Crippen molar-refractivity contribution in [1.82, 2.24) is 9.97 Å². The Morgan fingerprint density at radius 2 is 2.00 bits per heavy atom. The van der Waals surface area contributed by atoms with Gasteiger partial charge in [-0.3, -0.25) is 0 Å². The van der Waals surface area contributed by atoms with Gasteiger partial charge in [0.2, 0.25) is 5.95 Å². The van der Waals surface area contributed by atoms with Gasteiger partial charge < -0.3 is 10.6 Å². The molecule has 0 aromatic carbocycles. The minimum atomic E-state index is 0.187. The number of rotatable bonds is 4. The number of hydrogen-bond donors (Lipinski definition) is 2. The summed E-state index contributed by atoms with van der Waals surface area (Å²) in [5, 5.41) is 6.83. The van der Waals surface area contributed by atoms with Gasteiger partial charge in [-0.05, 0) is 12.3 Å². The summed E-state index contributed by atoms with van der Waals surface area (Å²) in [7, 11) is 0. The number of anilines is 2. The van der Waals surface area contributed by atoms with Gasteiger partial charge in [0.15, 0.2) is 5.82 Å². The van der Waals surface area contributed by atoms with Crippen molar-refractivity contribution in [3.63, 3.8) is 0 Å². The molecule has 5 heteroatoms. The predicted octanol–water partition coefficient (Wildman–Crippen LogP) is 3.02. The summed E-state index contributed by atoms with van der Waals surface area (Å²) in [6.45, 7) is 10.1. The highest BCUT2D eigenvalue weighted by Gasteiger charge is 2.12. The predicted molar refractivity (Wildman–Crippen MR) is 69.2 cm³/mol. The molecule has 1 heterocycles. The summed E-state index contributed by atoms with van der Waals surface area (Å²) in [6, 6.07) is 0. The minimum absolute atomic E-state index is 0.187. The first-order chi connectivity index (χ1) is 7.42. The van der Waals surface area contributed by atoms with Gasteiger partial charge in [0.1, 0.15) is 5.02 Å². The van der Waals surface area contributed by atoms with Gasteiger partial charge in [0, 0.05) is 13.1 Å². The fraction of sp³-hybridized carbons (Fsp3) is 0.636. The lowest BCUT2D eigenvalue weighted by Gasteiger charge is -2.19. The summed E-state index contributed by atoms with van der Waals surface area (Å²) >= 11 is 6.01. The third kappa shape index (κ3) is 4.23. The van der Waals surface area contributed by atoms with Crippen LogP contribution < -0.4 is 10.6 Å². The highest BCUT2D eigenvalue weighted by molar-refractivity contribution is 6.32. The van der Waals surface area contributed by atoms with Gasteiger partial charge in [-0.1, -0.05) is 32.4 Å². The Hall–Kier alpha value is -1.03. The Balaban J connectivity index is 2.74. The van der Waals surface area contributed by atoms with Crippen molar-refractivity contribution in [2.45, 2.75) is 27.7 Å². The van der Waals surface area contributed by atoms with Gasteiger partial charge in [0.25, 0.3) is 0 Å². The van der Waals surface area contributed by atoms with Crippen LogP contribution in [0.25, 0.3) is 0 Å². The Labute approximate surface area is 102 Å². The van der Waals surface area contributed by atoms with E-state index in [1.54, 1.807) is 6.20 Å². The number of nitrogens with one attached hydrogen (secondary N) is 2. The molecule has 0 amide bonds. The fourth-order valence-electron chi connectivity index (χ4n) is 1.08. The molecule has 0 unspecified atom stereocenters. The van der Waals surface area contributed by atoms with E-state index in [0.717, 1.165) is 13.1 Å². The first-order valence-electron chi connectivity index (χ1n) is 5.42. The molecule has 1 aromatic rings. The maximum absolute atomic E-state index is 6.01. The van der Waals surface area contributed by atoms with Crippen LogP contribution in [0.5, 0.6) is 0 Å². The van der Waals surface area contributed by atoms with Crippen molar-refractivity contribution < 1.29 is 0 Å². The molecule has 0 radical (unpaired) electrons. The van der Waals surface area contributed by atoms with Crippen molar-refractivity contribution >= 4 is 23.4 Å². The second-order valence-corrected chi connectivity index (χ2v) is 5.24. The lowest BCUT2D eigenvalue weighted by atomic mass is 9.97. The molecule has 0 spiro atoms. The molecule has 0 bridgehead atoms. The molecule has 0 aliphatic carbocycles. The number of nitrogens with zero attached hydrogens (tertiary/aromatic N) is 2. The van der Waals surface area contributed by atoms with Crippen LogP contribution in [0.4, 0.5) is 11.8 Å². The lowest BCUT2D eigenvalue weighted by molar-refractivity contribution is 0.442. The lowest BCUT2D eigenvalue weighted by Crippen LogP contribution is -2.20. The SMILES string of the molecule is CCNc1ncc(Cl)c(NCC(C)(C)C)n1. The van der Waals surface area contributed by atoms with Crippen LogP contribution in [0.15, 0.2) is 6.20 Å². The summed E-state index contributed by atoms with van der Waals surface area (Å²) in [5.74, 6) is 1.28. The molecule has 0 aliphatic rings. The van der Waals surface area contributed by atoms with Gasteiger partial charge in [-0.25, -0.2) is 4.98 Å². The smallest absolute Gasteiger partial charge is 0.224 e.